The molecule has 3 heteroatoms. The maximum absolute atomic E-state index is 11.8. The Balaban J connectivity index is 2.60. The monoisotopic (exact) mass is 336 g/mol. The van der Waals surface area contributed by atoms with Crippen LogP contribution >= 0.6 is 11.6 Å². The lowest BCUT2D eigenvalue weighted by molar-refractivity contribution is -0.153. The molecule has 0 saturated carbocycles. The van der Waals surface area contributed by atoms with E-state index in [2.05, 4.69) is 32.1 Å². The molecule has 0 bridgehead atoms. The van der Waals surface area contributed by atoms with Crippen LogP contribution in [0.1, 0.15) is 58.6 Å². The highest BCUT2D eigenvalue weighted by Gasteiger charge is 2.27. The molecule has 23 heavy (non-hydrogen) atoms. The minimum absolute atomic E-state index is 0.135. The Morgan fingerprint density at radius 1 is 1.35 bits per heavy atom. The number of carbonyl (C=O) groups excluding carboxylic acids is 1. The van der Waals surface area contributed by atoms with Crippen LogP contribution in [0.2, 0.25) is 5.02 Å². The second-order valence-electron chi connectivity index (χ2n) is 7.00. The summed E-state index contributed by atoms with van der Waals surface area (Å²) in [4.78, 5) is 11.8. The smallest absolute Gasteiger partial charge is 0.311 e. The number of carbonyl (C=O) groups is 1. The molecule has 2 nitrogen and oxygen atoms in total. The lowest BCUT2D eigenvalue weighted by atomic mass is 9.88. The first-order valence-electron chi connectivity index (χ1n) is 8.38. The highest BCUT2D eigenvalue weighted by atomic mass is 35.5. The number of benzene rings is 1. The number of rotatable bonds is 8. The molecule has 0 aliphatic carbocycles. The van der Waals surface area contributed by atoms with Gasteiger partial charge < -0.3 is 4.74 Å². The Morgan fingerprint density at radius 2 is 2.04 bits per heavy atom. The number of ether oxygens (including phenoxy) is 1. The summed E-state index contributed by atoms with van der Waals surface area (Å²) in [6, 6.07) is 6.24. The largest absolute Gasteiger partial charge is 0.466 e. The third kappa shape index (κ3) is 6.78. The SMILES string of the molecule is CCOC(=O)C(C)(C)CC/C=C/c1ccc(CC(C)C)cc1Cl. The molecule has 128 valence electrons. The quantitative estimate of drug-likeness (QED) is 0.550. The lowest BCUT2D eigenvalue weighted by Crippen LogP contribution is -2.26. The molecule has 0 fully saturated rings. The first-order valence-corrected chi connectivity index (χ1v) is 8.76. The van der Waals surface area contributed by atoms with Gasteiger partial charge in [-0.05, 0) is 63.1 Å². The van der Waals surface area contributed by atoms with Crippen molar-refractivity contribution in [2.75, 3.05) is 6.61 Å². The van der Waals surface area contributed by atoms with Gasteiger partial charge in [0, 0.05) is 5.02 Å². The Morgan fingerprint density at radius 3 is 2.61 bits per heavy atom. The van der Waals surface area contributed by atoms with Crippen molar-refractivity contribution in [1.29, 1.82) is 0 Å². The molecule has 0 aliphatic rings. The summed E-state index contributed by atoms with van der Waals surface area (Å²) in [6.45, 7) is 10.5. The van der Waals surface area contributed by atoms with Gasteiger partial charge in [0.05, 0.1) is 12.0 Å². The molecular formula is C20H29ClO2. The highest BCUT2D eigenvalue weighted by Crippen LogP contribution is 2.26. The zero-order valence-corrected chi connectivity index (χ0v) is 15.7. The molecule has 0 unspecified atom stereocenters. The van der Waals surface area contributed by atoms with E-state index in [0.29, 0.717) is 12.5 Å². The van der Waals surface area contributed by atoms with Gasteiger partial charge in [0.1, 0.15) is 0 Å². The van der Waals surface area contributed by atoms with Crippen LogP contribution in [0.15, 0.2) is 24.3 Å². The molecule has 1 aromatic rings. The van der Waals surface area contributed by atoms with Crippen LogP contribution in [0.5, 0.6) is 0 Å². The van der Waals surface area contributed by atoms with Gasteiger partial charge in [-0.3, -0.25) is 4.79 Å². The molecule has 0 aromatic heterocycles. The van der Waals surface area contributed by atoms with Crippen molar-refractivity contribution in [2.24, 2.45) is 11.3 Å². The molecule has 0 atom stereocenters. The molecule has 0 aliphatic heterocycles. The number of allylic oxidation sites excluding steroid dienone is 1. The Hall–Kier alpha value is -1.28. The van der Waals surface area contributed by atoms with Crippen molar-refractivity contribution in [3.05, 3.63) is 40.4 Å². The van der Waals surface area contributed by atoms with E-state index >= 15 is 0 Å². The van der Waals surface area contributed by atoms with Crippen molar-refractivity contribution in [3.8, 4) is 0 Å². The number of hydrogen-bond donors (Lipinski definition) is 0. The predicted molar refractivity (Wildman–Crippen MR) is 98.7 cm³/mol. The van der Waals surface area contributed by atoms with Crippen molar-refractivity contribution >= 4 is 23.6 Å². The minimum Gasteiger partial charge on any atom is -0.466 e. The second kappa shape index (κ2) is 9.12. The molecular weight excluding hydrogens is 308 g/mol. The van der Waals surface area contributed by atoms with Gasteiger partial charge in [-0.25, -0.2) is 0 Å². The van der Waals surface area contributed by atoms with E-state index < -0.39 is 5.41 Å². The summed E-state index contributed by atoms with van der Waals surface area (Å²) in [7, 11) is 0. The van der Waals surface area contributed by atoms with Crippen LogP contribution in [-0.4, -0.2) is 12.6 Å². The molecule has 0 amide bonds. The summed E-state index contributed by atoms with van der Waals surface area (Å²) >= 11 is 6.35. The summed E-state index contributed by atoms with van der Waals surface area (Å²) in [5.74, 6) is 0.488. The first kappa shape index (κ1) is 19.8. The molecule has 0 saturated heterocycles. The lowest BCUT2D eigenvalue weighted by Gasteiger charge is -2.21. The normalized spacial score (nSPS) is 12.1. The average molecular weight is 337 g/mol. The summed E-state index contributed by atoms with van der Waals surface area (Å²) in [6.07, 6.45) is 6.71. The fourth-order valence-electron chi connectivity index (χ4n) is 2.39. The van der Waals surface area contributed by atoms with Crippen LogP contribution in [0, 0.1) is 11.3 Å². The minimum atomic E-state index is -0.453. The van der Waals surface area contributed by atoms with Gasteiger partial charge in [0.25, 0.3) is 0 Å². The van der Waals surface area contributed by atoms with Crippen molar-refractivity contribution in [2.45, 2.75) is 53.9 Å². The zero-order valence-electron chi connectivity index (χ0n) is 15.0. The highest BCUT2D eigenvalue weighted by molar-refractivity contribution is 6.32. The molecule has 0 heterocycles. The fraction of sp³-hybridized carbons (Fsp3) is 0.550. The molecule has 1 aromatic carbocycles. The van der Waals surface area contributed by atoms with E-state index in [1.165, 1.54) is 5.56 Å². The second-order valence-corrected chi connectivity index (χ2v) is 7.41. The van der Waals surface area contributed by atoms with Crippen molar-refractivity contribution in [1.82, 2.24) is 0 Å². The molecule has 0 spiro atoms. The van der Waals surface area contributed by atoms with E-state index in [0.717, 1.165) is 29.8 Å². The van der Waals surface area contributed by atoms with E-state index in [1.807, 2.05) is 32.9 Å². The van der Waals surface area contributed by atoms with Gasteiger partial charge >= 0.3 is 5.97 Å². The summed E-state index contributed by atoms with van der Waals surface area (Å²) in [5, 5.41) is 0.782. The third-order valence-electron chi connectivity index (χ3n) is 3.77. The van der Waals surface area contributed by atoms with E-state index in [4.69, 9.17) is 16.3 Å². The van der Waals surface area contributed by atoms with Gasteiger partial charge in [0.2, 0.25) is 0 Å². The fourth-order valence-corrected chi connectivity index (χ4v) is 2.65. The topological polar surface area (TPSA) is 26.3 Å². The molecule has 0 N–H and O–H groups in total. The number of esters is 1. The van der Waals surface area contributed by atoms with Gasteiger partial charge in [-0.15, -0.1) is 0 Å². The van der Waals surface area contributed by atoms with Crippen LogP contribution in [-0.2, 0) is 16.0 Å². The zero-order chi connectivity index (χ0) is 17.5. The van der Waals surface area contributed by atoms with Gasteiger partial charge in [0.15, 0.2) is 0 Å². The third-order valence-corrected chi connectivity index (χ3v) is 4.10. The maximum Gasteiger partial charge on any atom is 0.311 e. The average Bonchev–Trinajstić information content (AvgIpc) is 2.45. The Labute approximate surface area is 145 Å². The van der Waals surface area contributed by atoms with Crippen molar-refractivity contribution < 1.29 is 9.53 Å². The molecule has 0 radical (unpaired) electrons. The Bertz CT molecular complexity index is 545. The van der Waals surface area contributed by atoms with Crippen molar-refractivity contribution in [3.63, 3.8) is 0 Å². The predicted octanol–water partition coefficient (Wildman–Crippen LogP) is 5.92. The van der Waals surface area contributed by atoms with Crippen LogP contribution in [0.3, 0.4) is 0 Å². The van der Waals surface area contributed by atoms with E-state index in [9.17, 15) is 4.79 Å². The number of halogens is 1. The number of hydrogen-bond acceptors (Lipinski definition) is 2. The first-order chi connectivity index (χ1) is 10.8. The van der Waals surface area contributed by atoms with Gasteiger partial charge in [-0.1, -0.05) is 49.7 Å². The standard InChI is InChI=1S/C20H29ClO2/c1-6-23-19(22)20(4,5)12-8-7-9-17-11-10-16(13-15(2)3)14-18(17)21/h7,9-11,14-15H,6,8,12-13H2,1-5H3/b9-7+. The summed E-state index contributed by atoms with van der Waals surface area (Å²) < 4.78 is 5.10. The maximum atomic E-state index is 11.8. The molecule has 1 rings (SSSR count). The van der Waals surface area contributed by atoms with Crippen LogP contribution in [0.4, 0.5) is 0 Å². The van der Waals surface area contributed by atoms with E-state index in [-0.39, 0.29) is 5.97 Å². The van der Waals surface area contributed by atoms with Crippen LogP contribution in [0.25, 0.3) is 6.08 Å². The van der Waals surface area contributed by atoms with Gasteiger partial charge in [-0.2, -0.15) is 0 Å². The Kier molecular flexibility index (Phi) is 7.84. The van der Waals surface area contributed by atoms with E-state index in [1.54, 1.807) is 0 Å². The van der Waals surface area contributed by atoms with Crippen LogP contribution < -0.4 is 0 Å². The summed E-state index contributed by atoms with van der Waals surface area (Å²) in [5.41, 5.74) is 1.84.